The van der Waals surface area contributed by atoms with E-state index in [4.69, 9.17) is 11.4 Å². The molecule has 1 atom stereocenters. The van der Waals surface area contributed by atoms with Crippen LogP contribution in [-0.4, -0.2) is 54.5 Å². The topological polar surface area (TPSA) is 30.9 Å². The molecule has 1 aromatic rings. The fraction of sp³-hybridized carbons (Fsp3) is 0.471. The Labute approximate surface area is 126 Å². The molecule has 1 saturated heterocycles. The van der Waals surface area contributed by atoms with Crippen LogP contribution in [0.25, 0.3) is 0 Å². The number of benzene rings is 1. The van der Waals surface area contributed by atoms with Crippen LogP contribution in [0.1, 0.15) is 12.0 Å². The fourth-order valence-electron chi connectivity index (χ4n) is 2.95. The average molecular weight is 282 g/mol. The first-order valence-electron chi connectivity index (χ1n) is 7.62. The first-order valence-corrected chi connectivity index (χ1v) is 7.62. The summed E-state index contributed by atoms with van der Waals surface area (Å²) < 4.78 is 0. The Morgan fingerprint density at radius 3 is 2.71 bits per heavy atom. The molecule has 2 aliphatic heterocycles. The minimum absolute atomic E-state index is 0.239. The van der Waals surface area contributed by atoms with Crippen molar-refractivity contribution in [2.45, 2.75) is 19.0 Å². The smallest absolute Gasteiger partial charge is 0.197 e. The second-order valence-corrected chi connectivity index (χ2v) is 5.59. The van der Waals surface area contributed by atoms with Gasteiger partial charge in [0.2, 0.25) is 0 Å². The van der Waals surface area contributed by atoms with Gasteiger partial charge in [0, 0.05) is 45.7 Å². The van der Waals surface area contributed by atoms with Crippen molar-refractivity contribution in [1.29, 1.82) is 0 Å². The van der Waals surface area contributed by atoms with E-state index in [0.717, 1.165) is 51.6 Å². The Morgan fingerprint density at radius 1 is 1.24 bits per heavy atom. The van der Waals surface area contributed by atoms with Crippen molar-refractivity contribution in [3.63, 3.8) is 0 Å². The molecule has 110 valence electrons. The predicted molar refractivity (Wildman–Crippen MR) is 86.0 cm³/mol. The van der Waals surface area contributed by atoms with Crippen LogP contribution >= 0.6 is 0 Å². The summed E-state index contributed by atoms with van der Waals surface area (Å²) in [6.07, 6.45) is 6.19. The number of terminal acetylenes is 1. The monoisotopic (exact) mass is 282 g/mol. The Kier molecular flexibility index (Phi) is 4.42. The number of guanidine groups is 1. The molecule has 4 heteroatoms. The third-order valence-corrected chi connectivity index (χ3v) is 3.98. The lowest BCUT2D eigenvalue weighted by molar-refractivity contribution is 0.300. The summed E-state index contributed by atoms with van der Waals surface area (Å²) in [6, 6.07) is 10.8. The first kappa shape index (κ1) is 14.0. The summed E-state index contributed by atoms with van der Waals surface area (Å²) in [5.41, 5.74) is 1.32. The van der Waals surface area contributed by atoms with Gasteiger partial charge in [-0.15, -0.1) is 12.3 Å². The summed E-state index contributed by atoms with van der Waals surface area (Å²) in [4.78, 5) is 9.64. The van der Waals surface area contributed by atoms with Crippen molar-refractivity contribution < 1.29 is 0 Å². The fourth-order valence-corrected chi connectivity index (χ4v) is 2.95. The molecule has 3 rings (SSSR count). The van der Waals surface area contributed by atoms with Gasteiger partial charge in [-0.2, -0.15) is 0 Å². The maximum atomic E-state index is 5.47. The van der Waals surface area contributed by atoms with Gasteiger partial charge in [0.25, 0.3) is 0 Å². The number of rotatable bonds is 3. The normalized spacial score (nSPS) is 22.0. The van der Waals surface area contributed by atoms with Crippen LogP contribution in [0.3, 0.4) is 0 Å². The zero-order valence-corrected chi connectivity index (χ0v) is 12.3. The largest absolute Gasteiger partial charge is 0.340 e. The predicted octanol–water partition coefficient (Wildman–Crippen LogP) is 1.16. The maximum Gasteiger partial charge on any atom is 0.197 e. The van der Waals surface area contributed by atoms with Crippen molar-refractivity contribution in [1.82, 2.24) is 15.1 Å². The minimum Gasteiger partial charge on any atom is -0.340 e. The highest BCUT2D eigenvalue weighted by Gasteiger charge is 2.29. The Morgan fingerprint density at radius 2 is 2.00 bits per heavy atom. The second-order valence-electron chi connectivity index (χ2n) is 5.59. The highest BCUT2D eigenvalue weighted by Crippen LogP contribution is 2.18. The van der Waals surface area contributed by atoms with E-state index in [1.807, 2.05) is 0 Å². The van der Waals surface area contributed by atoms with E-state index in [1.165, 1.54) is 5.56 Å². The number of nitrogens with one attached hydrogen (secondary N) is 1. The lowest BCUT2D eigenvalue weighted by Gasteiger charge is -2.33. The van der Waals surface area contributed by atoms with E-state index in [2.05, 4.69) is 51.4 Å². The number of aliphatic imine (C=N–C) groups is 1. The van der Waals surface area contributed by atoms with Gasteiger partial charge >= 0.3 is 0 Å². The quantitative estimate of drug-likeness (QED) is 0.844. The van der Waals surface area contributed by atoms with Crippen LogP contribution in [0, 0.1) is 12.3 Å². The van der Waals surface area contributed by atoms with Crippen molar-refractivity contribution >= 4 is 5.96 Å². The van der Waals surface area contributed by atoms with E-state index >= 15 is 0 Å². The molecule has 1 N–H and O–H groups in total. The summed E-state index contributed by atoms with van der Waals surface area (Å²) in [7, 11) is 0. The molecule has 2 aliphatic rings. The van der Waals surface area contributed by atoms with Gasteiger partial charge in [0.1, 0.15) is 0 Å². The first-order chi connectivity index (χ1) is 10.4. The SMILES string of the molecule is C#CCC1CN(Cc2ccccc2)C(N2CCNCC2)=N1. The van der Waals surface area contributed by atoms with E-state index in [0.29, 0.717) is 0 Å². The Balaban J connectivity index is 1.74. The van der Waals surface area contributed by atoms with Crippen molar-refractivity contribution in [2.24, 2.45) is 4.99 Å². The van der Waals surface area contributed by atoms with Gasteiger partial charge in [-0.1, -0.05) is 30.3 Å². The molecule has 2 heterocycles. The molecule has 1 aromatic carbocycles. The van der Waals surface area contributed by atoms with Gasteiger partial charge in [-0.05, 0) is 5.56 Å². The highest BCUT2D eigenvalue weighted by molar-refractivity contribution is 5.82. The van der Waals surface area contributed by atoms with Crippen LogP contribution in [0.4, 0.5) is 0 Å². The summed E-state index contributed by atoms with van der Waals surface area (Å²) in [6.45, 7) is 5.93. The number of hydrogen-bond donors (Lipinski definition) is 1. The van der Waals surface area contributed by atoms with Crippen molar-refractivity contribution in [3.8, 4) is 12.3 Å². The van der Waals surface area contributed by atoms with Crippen LogP contribution in [0.5, 0.6) is 0 Å². The number of nitrogens with zero attached hydrogens (tertiary/aromatic N) is 3. The third kappa shape index (κ3) is 3.37. The molecule has 0 aliphatic carbocycles. The van der Waals surface area contributed by atoms with Gasteiger partial charge in [-0.25, -0.2) is 4.99 Å². The minimum atomic E-state index is 0.239. The molecule has 0 saturated carbocycles. The molecule has 0 bridgehead atoms. The van der Waals surface area contributed by atoms with Gasteiger partial charge in [-0.3, -0.25) is 0 Å². The van der Waals surface area contributed by atoms with Crippen LogP contribution in [0.2, 0.25) is 0 Å². The van der Waals surface area contributed by atoms with Crippen LogP contribution in [0.15, 0.2) is 35.3 Å². The molecule has 1 unspecified atom stereocenters. The number of piperazine rings is 1. The molecule has 0 spiro atoms. The molecular formula is C17H22N4. The van der Waals surface area contributed by atoms with E-state index in [9.17, 15) is 0 Å². The average Bonchev–Trinajstić information content (AvgIpc) is 2.92. The van der Waals surface area contributed by atoms with E-state index < -0.39 is 0 Å². The molecule has 1 fully saturated rings. The second kappa shape index (κ2) is 6.64. The Hall–Kier alpha value is -1.99. The summed E-state index contributed by atoms with van der Waals surface area (Å²) >= 11 is 0. The van der Waals surface area contributed by atoms with Crippen LogP contribution < -0.4 is 5.32 Å². The lowest BCUT2D eigenvalue weighted by atomic mass is 10.2. The highest BCUT2D eigenvalue weighted by atomic mass is 15.4. The zero-order chi connectivity index (χ0) is 14.5. The van der Waals surface area contributed by atoms with Gasteiger partial charge in [0.05, 0.1) is 6.04 Å². The van der Waals surface area contributed by atoms with E-state index in [1.54, 1.807) is 0 Å². The standard InChI is InChI=1S/C17H22N4/c1-2-6-16-14-21(13-15-7-4-3-5-8-15)17(19-16)20-11-9-18-10-12-20/h1,3-5,7-8,16,18H,6,9-14H2. The van der Waals surface area contributed by atoms with Gasteiger partial charge in [0.15, 0.2) is 5.96 Å². The van der Waals surface area contributed by atoms with Crippen molar-refractivity contribution in [2.75, 3.05) is 32.7 Å². The molecule has 21 heavy (non-hydrogen) atoms. The molecule has 0 aromatic heterocycles. The molecule has 0 radical (unpaired) electrons. The number of hydrogen-bond acceptors (Lipinski definition) is 4. The molecule has 0 amide bonds. The van der Waals surface area contributed by atoms with E-state index in [-0.39, 0.29) is 6.04 Å². The summed E-state index contributed by atoms with van der Waals surface area (Å²) in [5, 5.41) is 3.39. The molecular weight excluding hydrogens is 260 g/mol. The molecule has 4 nitrogen and oxygen atoms in total. The Bertz CT molecular complexity index is 525. The van der Waals surface area contributed by atoms with Gasteiger partial charge < -0.3 is 15.1 Å². The lowest BCUT2D eigenvalue weighted by Crippen LogP contribution is -2.50. The maximum absolute atomic E-state index is 5.47. The third-order valence-electron chi connectivity index (χ3n) is 3.98. The zero-order valence-electron chi connectivity index (χ0n) is 12.3. The van der Waals surface area contributed by atoms with Crippen LogP contribution in [-0.2, 0) is 6.54 Å². The van der Waals surface area contributed by atoms with Crippen molar-refractivity contribution in [3.05, 3.63) is 35.9 Å². The summed E-state index contributed by atoms with van der Waals surface area (Å²) in [5.74, 6) is 3.88.